The van der Waals surface area contributed by atoms with Gasteiger partial charge in [0.05, 0.1) is 10.6 Å². The zero-order valence-electron chi connectivity index (χ0n) is 23.0. The van der Waals surface area contributed by atoms with Gasteiger partial charge in [0.1, 0.15) is 12.6 Å². The second-order valence-electron chi connectivity index (χ2n) is 9.90. The van der Waals surface area contributed by atoms with Crippen molar-refractivity contribution >= 4 is 39.1 Å². The maximum absolute atomic E-state index is 14.0. The van der Waals surface area contributed by atoms with Crippen molar-refractivity contribution in [3.8, 4) is 0 Å². The number of amides is 2. The average Bonchev–Trinajstić information content (AvgIpc) is 2.86. The molecule has 0 unspecified atom stereocenters. The third kappa shape index (κ3) is 7.83. The highest BCUT2D eigenvalue weighted by atomic mass is 35.5. The van der Waals surface area contributed by atoms with E-state index in [1.807, 2.05) is 65.0 Å². The van der Waals surface area contributed by atoms with Crippen LogP contribution in [0.3, 0.4) is 0 Å². The fourth-order valence-electron chi connectivity index (χ4n) is 4.35. The monoisotopic (exact) mass is 569 g/mol. The third-order valence-electron chi connectivity index (χ3n) is 6.22. The zero-order valence-corrected chi connectivity index (χ0v) is 24.6. The smallest absolute Gasteiger partial charge is 0.264 e. The summed E-state index contributed by atoms with van der Waals surface area (Å²) in [6.45, 7) is 9.04. The number of carbonyl (C=O) groups is 2. The van der Waals surface area contributed by atoms with Gasteiger partial charge in [-0.25, -0.2) is 8.42 Å². The number of aryl methyl sites for hydroxylation is 2. The van der Waals surface area contributed by atoms with Crippen molar-refractivity contribution < 1.29 is 18.0 Å². The van der Waals surface area contributed by atoms with Crippen LogP contribution in [0.25, 0.3) is 0 Å². The van der Waals surface area contributed by atoms with Crippen LogP contribution in [-0.4, -0.2) is 43.8 Å². The fourth-order valence-corrected chi connectivity index (χ4v) is 5.89. The quantitative estimate of drug-likeness (QED) is 0.331. The number of hydrogen-bond donors (Lipinski definition) is 1. The summed E-state index contributed by atoms with van der Waals surface area (Å²) in [5.74, 6) is -0.766. The highest BCUT2D eigenvalue weighted by Gasteiger charge is 2.33. The molecule has 9 heteroatoms. The Labute approximate surface area is 236 Å². The van der Waals surface area contributed by atoms with Crippen LogP contribution in [0.4, 0.5) is 5.69 Å². The van der Waals surface area contributed by atoms with Gasteiger partial charge in [0.2, 0.25) is 11.8 Å². The molecule has 3 aromatic rings. The second-order valence-corrected chi connectivity index (χ2v) is 12.2. The van der Waals surface area contributed by atoms with Gasteiger partial charge in [0, 0.05) is 17.6 Å². The third-order valence-corrected chi connectivity index (χ3v) is 8.26. The lowest BCUT2D eigenvalue weighted by molar-refractivity contribution is -0.140. The van der Waals surface area contributed by atoms with E-state index in [4.69, 9.17) is 11.6 Å². The molecule has 39 heavy (non-hydrogen) atoms. The minimum absolute atomic E-state index is 0.0102. The van der Waals surface area contributed by atoms with Gasteiger partial charge in [0.15, 0.2) is 0 Å². The second kappa shape index (κ2) is 13.1. The number of sulfonamides is 1. The summed E-state index contributed by atoms with van der Waals surface area (Å²) in [7, 11) is -4.14. The summed E-state index contributed by atoms with van der Waals surface area (Å²) < 4.78 is 28.8. The van der Waals surface area contributed by atoms with Crippen LogP contribution in [0.2, 0.25) is 5.02 Å². The number of hydrogen-bond acceptors (Lipinski definition) is 4. The molecule has 0 aromatic heterocycles. The lowest BCUT2D eigenvalue weighted by Crippen LogP contribution is -2.53. The van der Waals surface area contributed by atoms with Gasteiger partial charge in [-0.3, -0.25) is 13.9 Å². The van der Waals surface area contributed by atoms with Crippen LogP contribution in [0.5, 0.6) is 0 Å². The Morgan fingerprint density at radius 1 is 0.923 bits per heavy atom. The van der Waals surface area contributed by atoms with E-state index in [2.05, 4.69) is 5.32 Å². The number of nitrogens with one attached hydrogen (secondary N) is 1. The molecule has 0 bridgehead atoms. The van der Waals surface area contributed by atoms with Crippen molar-refractivity contribution in [1.29, 1.82) is 0 Å². The Morgan fingerprint density at radius 2 is 1.54 bits per heavy atom. The molecule has 1 N–H and O–H groups in total. The number of nitrogens with zero attached hydrogens (tertiary/aromatic N) is 2. The van der Waals surface area contributed by atoms with Gasteiger partial charge >= 0.3 is 0 Å². The van der Waals surface area contributed by atoms with E-state index < -0.39 is 28.5 Å². The first-order chi connectivity index (χ1) is 18.4. The van der Waals surface area contributed by atoms with E-state index >= 15 is 0 Å². The summed E-state index contributed by atoms with van der Waals surface area (Å²) >= 11 is 6.00. The van der Waals surface area contributed by atoms with Crippen LogP contribution < -0.4 is 9.62 Å². The topological polar surface area (TPSA) is 86.8 Å². The first kappa shape index (κ1) is 30.2. The summed E-state index contributed by atoms with van der Waals surface area (Å²) in [5.41, 5.74) is 3.07. The Bertz CT molecular complexity index is 1410. The molecule has 0 aliphatic rings. The highest BCUT2D eigenvalue weighted by molar-refractivity contribution is 7.92. The van der Waals surface area contributed by atoms with E-state index in [1.54, 1.807) is 18.2 Å². The average molecular weight is 570 g/mol. The van der Waals surface area contributed by atoms with Crippen molar-refractivity contribution in [2.75, 3.05) is 10.8 Å². The molecule has 0 heterocycles. The van der Waals surface area contributed by atoms with Crippen LogP contribution in [0.15, 0.2) is 77.7 Å². The number of benzene rings is 3. The van der Waals surface area contributed by atoms with E-state index in [9.17, 15) is 18.0 Å². The SMILES string of the molecule is CC[C@@H](C(=O)NC(C)C)N(Cc1cccc(C)c1)C(=O)CN(c1cccc(C)c1)S(=O)(=O)c1ccc(Cl)cc1. The van der Waals surface area contributed by atoms with Crippen LogP contribution >= 0.6 is 11.6 Å². The van der Waals surface area contributed by atoms with Crippen molar-refractivity contribution in [2.45, 2.75) is 64.6 Å². The molecule has 208 valence electrons. The largest absolute Gasteiger partial charge is 0.352 e. The summed E-state index contributed by atoms with van der Waals surface area (Å²) in [5, 5.41) is 3.30. The molecule has 1 atom stereocenters. The van der Waals surface area contributed by atoms with Crippen molar-refractivity contribution in [3.05, 3.63) is 94.5 Å². The molecule has 3 aromatic carbocycles. The molecule has 0 saturated carbocycles. The summed E-state index contributed by atoms with van der Waals surface area (Å²) in [6.07, 6.45) is 0.366. The molecule has 0 radical (unpaired) electrons. The van der Waals surface area contributed by atoms with Crippen LogP contribution in [0.1, 0.15) is 43.9 Å². The molecule has 0 saturated heterocycles. The number of rotatable bonds is 11. The van der Waals surface area contributed by atoms with E-state index in [-0.39, 0.29) is 23.4 Å². The fraction of sp³-hybridized carbons (Fsp3) is 0.333. The van der Waals surface area contributed by atoms with Gasteiger partial charge in [-0.15, -0.1) is 0 Å². The Morgan fingerprint density at radius 3 is 2.10 bits per heavy atom. The van der Waals surface area contributed by atoms with Gasteiger partial charge in [-0.05, 0) is 81.6 Å². The predicted molar refractivity (Wildman–Crippen MR) is 156 cm³/mol. The van der Waals surface area contributed by atoms with Crippen molar-refractivity contribution in [2.24, 2.45) is 0 Å². The predicted octanol–water partition coefficient (Wildman–Crippen LogP) is 5.48. The van der Waals surface area contributed by atoms with Crippen LogP contribution in [-0.2, 0) is 26.2 Å². The number of carbonyl (C=O) groups excluding carboxylic acids is 2. The molecule has 0 aliphatic carbocycles. The van der Waals surface area contributed by atoms with Gasteiger partial charge in [-0.1, -0.05) is 60.5 Å². The number of anilines is 1. The van der Waals surface area contributed by atoms with E-state index in [0.717, 1.165) is 21.0 Å². The van der Waals surface area contributed by atoms with Crippen molar-refractivity contribution in [1.82, 2.24) is 10.2 Å². The molecule has 7 nitrogen and oxygen atoms in total. The molecular weight excluding hydrogens is 534 g/mol. The van der Waals surface area contributed by atoms with E-state index in [0.29, 0.717) is 17.1 Å². The lowest BCUT2D eigenvalue weighted by atomic mass is 10.1. The van der Waals surface area contributed by atoms with Gasteiger partial charge in [-0.2, -0.15) is 0 Å². The highest BCUT2D eigenvalue weighted by Crippen LogP contribution is 2.26. The summed E-state index contributed by atoms with van der Waals surface area (Å²) in [6, 6.07) is 19.6. The van der Waals surface area contributed by atoms with Crippen molar-refractivity contribution in [3.63, 3.8) is 0 Å². The normalized spacial score (nSPS) is 12.2. The molecule has 0 fully saturated rings. The van der Waals surface area contributed by atoms with E-state index in [1.165, 1.54) is 29.2 Å². The zero-order chi connectivity index (χ0) is 28.7. The molecule has 0 spiro atoms. The maximum atomic E-state index is 14.0. The Hall–Kier alpha value is -3.36. The molecular formula is C30H36ClN3O4S. The van der Waals surface area contributed by atoms with Gasteiger partial charge in [0.25, 0.3) is 10.0 Å². The maximum Gasteiger partial charge on any atom is 0.264 e. The minimum atomic E-state index is -4.14. The lowest BCUT2D eigenvalue weighted by Gasteiger charge is -2.33. The van der Waals surface area contributed by atoms with Crippen LogP contribution in [0, 0.1) is 13.8 Å². The Balaban J connectivity index is 2.07. The first-order valence-electron chi connectivity index (χ1n) is 12.9. The molecule has 0 aliphatic heterocycles. The minimum Gasteiger partial charge on any atom is -0.352 e. The first-order valence-corrected chi connectivity index (χ1v) is 14.7. The summed E-state index contributed by atoms with van der Waals surface area (Å²) in [4.78, 5) is 28.7. The molecule has 3 rings (SSSR count). The number of halogens is 1. The molecule has 2 amide bonds. The van der Waals surface area contributed by atoms with Gasteiger partial charge < -0.3 is 10.2 Å². The Kier molecular flexibility index (Phi) is 10.2. The standard InChI is InChI=1S/C30H36ClN3O4S/c1-6-28(30(36)32-21(2)3)33(19-24-11-7-9-22(4)17-24)29(35)20-34(26-12-8-10-23(5)18-26)39(37,38)27-15-13-25(31)14-16-27/h7-18,21,28H,6,19-20H2,1-5H3,(H,32,36)/t28-/m0/s1.